The monoisotopic (exact) mass is 437 g/mol. The largest absolute Gasteiger partial charge is 0.490 e. The zero-order valence-electron chi connectivity index (χ0n) is 14.6. The Balaban J connectivity index is 1.81. The zero-order valence-corrected chi connectivity index (χ0v) is 17.0. The van der Waals surface area contributed by atoms with Crippen LogP contribution in [0, 0.1) is 5.82 Å². The third-order valence-electron chi connectivity index (χ3n) is 4.25. The number of thiocarbonyl (C=S) groups is 1. The van der Waals surface area contributed by atoms with Gasteiger partial charge in [0.05, 0.1) is 11.1 Å². The number of hydrogen-bond acceptors (Lipinski definition) is 3. The quantitative estimate of drug-likeness (QED) is 0.568. The SMILES string of the molecule is CCOc1cc(C(=S)N2CCCC2)cc(Br)c1OCc1ccc(F)cc1. The average Bonchev–Trinajstić information content (AvgIpc) is 3.16. The molecule has 2 aromatic carbocycles. The van der Waals surface area contributed by atoms with Crippen LogP contribution in [0.2, 0.25) is 0 Å². The zero-order chi connectivity index (χ0) is 18.5. The first-order valence-corrected chi connectivity index (χ1v) is 9.91. The second kappa shape index (κ2) is 8.82. The van der Waals surface area contributed by atoms with Crippen molar-refractivity contribution in [2.75, 3.05) is 19.7 Å². The second-order valence-electron chi connectivity index (χ2n) is 6.13. The van der Waals surface area contributed by atoms with Crippen molar-refractivity contribution in [3.63, 3.8) is 0 Å². The van der Waals surface area contributed by atoms with Gasteiger partial charge in [-0.15, -0.1) is 0 Å². The summed E-state index contributed by atoms with van der Waals surface area (Å²) in [5, 5.41) is 0. The summed E-state index contributed by atoms with van der Waals surface area (Å²) in [6.07, 6.45) is 2.36. The van der Waals surface area contributed by atoms with Gasteiger partial charge in [0.2, 0.25) is 0 Å². The Labute approximate surface area is 167 Å². The van der Waals surface area contributed by atoms with Crippen LogP contribution in [0.4, 0.5) is 4.39 Å². The van der Waals surface area contributed by atoms with E-state index in [1.165, 1.54) is 25.0 Å². The lowest BCUT2D eigenvalue weighted by Crippen LogP contribution is -2.26. The lowest BCUT2D eigenvalue weighted by Gasteiger charge is -2.21. The molecule has 0 aromatic heterocycles. The van der Waals surface area contributed by atoms with Crippen molar-refractivity contribution < 1.29 is 13.9 Å². The van der Waals surface area contributed by atoms with E-state index in [-0.39, 0.29) is 5.82 Å². The summed E-state index contributed by atoms with van der Waals surface area (Å²) >= 11 is 9.24. The normalized spacial score (nSPS) is 13.7. The molecule has 0 atom stereocenters. The molecule has 0 radical (unpaired) electrons. The van der Waals surface area contributed by atoms with E-state index in [0.29, 0.717) is 24.7 Å². The van der Waals surface area contributed by atoms with Gasteiger partial charge in [-0.3, -0.25) is 0 Å². The van der Waals surface area contributed by atoms with Crippen LogP contribution >= 0.6 is 28.1 Å². The van der Waals surface area contributed by atoms with Crippen molar-refractivity contribution in [2.45, 2.75) is 26.4 Å². The summed E-state index contributed by atoms with van der Waals surface area (Å²) in [5.74, 6) is 1.02. The van der Waals surface area contributed by atoms with E-state index in [1.54, 1.807) is 12.1 Å². The maximum Gasteiger partial charge on any atom is 0.175 e. The van der Waals surface area contributed by atoms with Crippen LogP contribution in [0.1, 0.15) is 30.9 Å². The van der Waals surface area contributed by atoms with E-state index in [2.05, 4.69) is 20.8 Å². The molecule has 0 saturated carbocycles. The van der Waals surface area contributed by atoms with Crippen LogP contribution in [0.25, 0.3) is 0 Å². The number of benzene rings is 2. The van der Waals surface area contributed by atoms with Gasteiger partial charge in [-0.25, -0.2) is 4.39 Å². The van der Waals surface area contributed by atoms with E-state index in [4.69, 9.17) is 21.7 Å². The minimum Gasteiger partial charge on any atom is -0.490 e. The summed E-state index contributed by atoms with van der Waals surface area (Å²) in [6.45, 7) is 4.80. The summed E-state index contributed by atoms with van der Waals surface area (Å²) in [5.41, 5.74) is 1.84. The Hall–Kier alpha value is -1.66. The Morgan fingerprint density at radius 2 is 1.85 bits per heavy atom. The van der Waals surface area contributed by atoms with Crippen molar-refractivity contribution >= 4 is 33.1 Å². The molecule has 1 aliphatic heterocycles. The summed E-state index contributed by atoms with van der Waals surface area (Å²) in [6, 6.07) is 10.2. The Morgan fingerprint density at radius 1 is 1.15 bits per heavy atom. The van der Waals surface area contributed by atoms with Gasteiger partial charge in [0.1, 0.15) is 17.4 Å². The molecule has 0 unspecified atom stereocenters. The maximum absolute atomic E-state index is 13.0. The Kier molecular flexibility index (Phi) is 6.48. The van der Waals surface area contributed by atoms with Gasteiger partial charge >= 0.3 is 0 Å². The Bertz CT molecular complexity index is 776. The average molecular weight is 438 g/mol. The standard InChI is InChI=1S/C20H21BrFNO2S/c1-2-24-18-12-15(20(26)23-9-3-4-10-23)11-17(21)19(18)25-13-14-5-7-16(22)8-6-14/h5-8,11-12H,2-4,9-10,13H2,1H3. The molecule has 26 heavy (non-hydrogen) atoms. The predicted octanol–water partition coefficient (Wildman–Crippen LogP) is 5.34. The molecule has 2 aromatic rings. The van der Waals surface area contributed by atoms with Gasteiger partial charge in [-0.05, 0) is 65.5 Å². The summed E-state index contributed by atoms with van der Waals surface area (Å²) in [4.78, 5) is 3.07. The molecular formula is C20H21BrFNO2S. The lowest BCUT2D eigenvalue weighted by atomic mass is 10.2. The van der Waals surface area contributed by atoms with E-state index in [9.17, 15) is 4.39 Å². The molecule has 1 heterocycles. The molecule has 1 fully saturated rings. The lowest BCUT2D eigenvalue weighted by molar-refractivity contribution is 0.267. The molecule has 0 N–H and O–H groups in total. The fraction of sp³-hybridized carbons (Fsp3) is 0.350. The molecule has 0 spiro atoms. The number of ether oxygens (including phenoxy) is 2. The van der Waals surface area contributed by atoms with Gasteiger partial charge in [0.25, 0.3) is 0 Å². The second-order valence-corrected chi connectivity index (χ2v) is 7.37. The number of nitrogens with zero attached hydrogens (tertiary/aromatic N) is 1. The number of likely N-dealkylation sites (tertiary alicyclic amines) is 1. The molecule has 6 heteroatoms. The van der Waals surface area contributed by atoms with Gasteiger partial charge < -0.3 is 14.4 Å². The molecular weight excluding hydrogens is 417 g/mol. The van der Waals surface area contributed by atoms with E-state index < -0.39 is 0 Å². The van der Waals surface area contributed by atoms with Crippen molar-refractivity contribution in [2.24, 2.45) is 0 Å². The summed E-state index contributed by atoms with van der Waals surface area (Å²) < 4.78 is 25.6. The van der Waals surface area contributed by atoms with E-state index >= 15 is 0 Å². The predicted molar refractivity (Wildman–Crippen MR) is 109 cm³/mol. The van der Waals surface area contributed by atoms with Crippen LogP contribution < -0.4 is 9.47 Å². The number of rotatable bonds is 6. The van der Waals surface area contributed by atoms with Gasteiger partial charge in [0, 0.05) is 18.7 Å². The Morgan fingerprint density at radius 3 is 2.50 bits per heavy atom. The minimum atomic E-state index is -0.260. The molecule has 3 nitrogen and oxygen atoms in total. The van der Waals surface area contributed by atoms with E-state index in [0.717, 1.165) is 33.7 Å². The van der Waals surface area contributed by atoms with Gasteiger partial charge in [-0.1, -0.05) is 24.4 Å². The van der Waals surface area contributed by atoms with E-state index in [1.807, 2.05) is 19.1 Å². The first-order valence-electron chi connectivity index (χ1n) is 8.71. The molecule has 0 bridgehead atoms. The van der Waals surface area contributed by atoms with Crippen molar-refractivity contribution in [1.82, 2.24) is 4.90 Å². The molecule has 1 saturated heterocycles. The van der Waals surface area contributed by atoms with Crippen molar-refractivity contribution in [3.05, 3.63) is 57.8 Å². The fourth-order valence-electron chi connectivity index (χ4n) is 2.93. The number of hydrogen-bond donors (Lipinski definition) is 0. The van der Waals surface area contributed by atoms with Crippen molar-refractivity contribution in [1.29, 1.82) is 0 Å². The number of halogens is 2. The molecule has 3 rings (SSSR count). The summed E-state index contributed by atoms with van der Waals surface area (Å²) in [7, 11) is 0. The van der Waals surface area contributed by atoms with Crippen LogP contribution in [0.3, 0.4) is 0 Å². The first-order chi connectivity index (χ1) is 12.6. The molecule has 138 valence electrons. The topological polar surface area (TPSA) is 21.7 Å². The highest BCUT2D eigenvalue weighted by Gasteiger charge is 2.20. The molecule has 0 aliphatic carbocycles. The van der Waals surface area contributed by atoms with Crippen LogP contribution in [0.15, 0.2) is 40.9 Å². The molecule has 0 amide bonds. The smallest absolute Gasteiger partial charge is 0.175 e. The molecule has 1 aliphatic rings. The highest BCUT2D eigenvalue weighted by atomic mass is 79.9. The third-order valence-corrected chi connectivity index (χ3v) is 5.33. The van der Waals surface area contributed by atoms with Gasteiger partial charge in [0.15, 0.2) is 11.5 Å². The van der Waals surface area contributed by atoms with Crippen molar-refractivity contribution in [3.8, 4) is 11.5 Å². The first kappa shape index (κ1) is 19.1. The van der Waals surface area contributed by atoms with Crippen LogP contribution in [-0.2, 0) is 6.61 Å². The van der Waals surface area contributed by atoms with Gasteiger partial charge in [-0.2, -0.15) is 0 Å². The van der Waals surface area contributed by atoms with Crippen LogP contribution in [0.5, 0.6) is 11.5 Å². The maximum atomic E-state index is 13.0. The van der Waals surface area contributed by atoms with Crippen LogP contribution in [-0.4, -0.2) is 29.6 Å². The highest BCUT2D eigenvalue weighted by Crippen LogP contribution is 2.38. The third kappa shape index (κ3) is 4.54. The minimum absolute atomic E-state index is 0.260. The fourth-order valence-corrected chi connectivity index (χ4v) is 3.79. The highest BCUT2D eigenvalue weighted by molar-refractivity contribution is 9.10.